The van der Waals surface area contributed by atoms with E-state index in [9.17, 15) is 4.79 Å². The van der Waals surface area contributed by atoms with E-state index in [1.165, 1.54) is 0 Å². The van der Waals surface area contributed by atoms with Crippen molar-refractivity contribution in [2.45, 2.75) is 25.8 Å². The molecule has 1 amide bonds. The van der Waals surface area contributed by atoms with Crippen molar-refractivity contribution in [1.29, 1.82) is 0 Å². The summed E-state index contributed by atoms with van der Waals surface area (Å²) in [5.41, 5.74) is 6.23. The van der Waals surface area contributed by atoms with Gasteiger partial charge in [-0.2, -0.15) is 5.10 Å². The lowest BCUT2D eigenvalue weighted by atomic mass is 10.4. The Morgan fingerprint density at radius 1 is 1.47 bits per heavy atom. The van der Waals surface area contributed by atoms with Gasteiger partial charge in [-0.25, -0.2) is 0 Å². The molecule has 0 bridgehead atoms. The lowest BCUT2D eigenvalue weighted by Crippen LogP contribution is -2.26. The molecule has 0 atom stereocenters. The highest BCUT2D eigenvalue weighted by Gasteiger charge is 2.18. The molecule has 1 fully saturated rings. The van der Waals surface area contributed by atoms with Crippen LogP contribution in [0.5, 0.6) is 0 Å². The molecule has 2 N–H and O–H groups in total. The molecule has 0 radical (unpaired) electrons. The van der Waals surface area contributed by atoms with Gasteiger partial charge >= 0.3 is 0 Å². The molecule has 0 spiro atoms. The molecule has 2 rings (SSSR count). The van der Waals surface area contributed by atoms with Crippen LogP contribution in [0.1, 0.15) is 19.3 Å². The molecular weight excluding hydrogens is 192 g/mol. The number of rotatable bonds is 4. The number of amides is 1. The molecule has 1 aliphatic rings. The highest BCUT2D eigenvalue weighted by Crippen LogP contribution is 2.10. The lowest BCUT2D eigenvalue weighted by molar-refractivity contribution is -0.127. The molecule has 15 heavy (non-hydrogen) atoms. The summed E-state index contributed by atoms with van der Waals surface area (Å²) in [5.74, 6) is 0.287. The number of hydrogen-bond acceptors (Lipinski definition) is 3. The van der Waals surface area contributed by atoms with E-state index in [1.807, 2.05) is 15.8 Å². The molecule has 0 aliphatic carbocycles. The van der Waals surface area contributed by atoms with Crippen molar-refractivity contribution in [2.75, 3.05) is 18.8 Å². The molecule has 1 aromatic heterocycles. The van der Waals surface area contributed by atoms with Crippen LogP contribution < -0.4 is 5.73 Å². The summed E-state index contributed by atoms with van der Waals surface area (Å²) >= 11 is 0. The van der Waals surface area contributed by atoms with Crippen molar-refractivity contribution in [3.8, 4) is 0 Å². The second-order valence-electron chi connectivity index (χ2n) is 3.87. The van der Waals surface area contributed by atoms with Crippen molar-refractivity contribution in [2.24, 2.45) is 0 Å². The fraction of sp³-hybridized carbons (Fsp3) is 0.600. The third kappa shape index (κ3) is 2.49. The van der Waals surface area contributed by atoms with Gasteiger partial charge in [0.1, 0.15) is 0 Å². The average molecular weight is 208 g/mol. The number of nitrogens with two attached hydrogens (primary N) is 1. The summed E-state index contributed by atoms with van der Waals surface area (Å²) in [6, 6.07) is 0. The first-order valence-electron chi connectivity index (χ1n) is 5.31. The van der Waals surface area contributed by atoms with Crippen molar-refractivity contribution >= 4 is 11.6 Å². The standard InChI is InChI=1S/C10H16N4O/c11-9-7-12-14(8-9)6-2-5-13-4-1-3-10(13)15/h7-8H,1-6,11H2. The van der Waals surface area contributed by atoms with Crippen LogP contribution in [0, 0.1) is 0 Å². The number of carbonyl (C=O) groups excluding carboxylic acids is 1. The van der Waals surface area contributed by atoms with Gasteiger partial charge in [0, 0.05) is 32.3 Å². The summed E-state index contributed by atoms with van der Waals surface area (Å²) in [5, 5.41) is 4.09. The van der Waals surface area contributed by atoms with Gasteiger partial charge in [0.15, 0.2) is 0 Å². The fourth-order valence-electron chi connectivity index (χ4n) is 1.87. The number of nitrogens with zero attached hydrogens (tertiary/aromatic N) is 3. The Balaban J connectivity index is 1.73. The first-order chi connectivity index (χ1) is 7.25. The number of aromatic nitrogens is 2. The van der Waals surface area contributed by atoms with E-state index < -0.39 is 0 Å². The van der Waals surface area contributed by atoms with E-state index in [-0.39, 0.29) is 5.91 Å². The predicted octanol–water partition coefficient (Wildman–Crippen LogP) is 0.478. The average Bonchev–Trinajstić information content (AvgIpc) is 2.77. The Hall–Kier alpha value is -1.52. The van der Waals surface area contributed by atoms with Gasteiger partial charge in [0.25, 0.3) is 0 Å². The lowest BCUT2D eigenvalue weighted by Gasteiger charge is -2.14. The number of nitrogen functional groups attached to an aromatic ring is 1. The fourth-order valence-corrected chi connectivity index (χ4v) is 1.87. The number of likely N-dealkylation sites (tertiary alicyclic amines) is 1. The minimum atomic E-state index is 0.287. The maximum atomic E-state index is 11.3. The zero-order chi connectivity index (χ0) is 10.7. The van der Waals surface area contributed by atoms with Gasteiger partial charge in [0.2, 0.25) is 5.91 Å². The Morgan fingerprint density at radius 2 is 2.33 bits per heavy atom. The van der Waals surface area contributed by atoms with E-state index in [4.69, 9.17) is 5.73 Å². The second-order valence-corrected chi connectivity index (χ2v) is 3.87. The molecule has 0 unspecified atom stereocenters. The molecule has 1 saturated heterocycles. The van der Waals surface area contributed by atoms with Gasteiger partial charge in [-0.1, -0.05) is 0 Å². The molecule has 82 valence electrons. The van der Waals surface area contributed by atoms with Crippen LogP contribution in [0.25, 0.3) is 0 Å². The van der Waals surface area contributed by atoms with Crippen LogP contribution in [0.2, 0.25) is 0 Å². The van der Waals surface area contributed by atoms with Crippen LogP contribution in [0.4, 0.5) is 5.69 Å². The van der Waals surface area contributed by atoms with Gasteiger partial charge in [-0.05, 0) is 12.8 Å². The topological polar surface area (TPSA) is 64.2 Å². The Labute approximate surface area is 88.8 Å². The quantitative estimate of drug-likeness (QED) is 0.782. The smallest absolute Gasteiger partial charge is 0.222 e. The van der Waals surface area contributed by atoms with Gasteiger partial charge in [0.05, 0.1) is 11.9 Å². The van der Waals surface area contributed by atoms with E-state index in [0.717, 1.165) is 32.5 Å². The Kier molecular flexibility index (Phi) is 2.89. The Morgan fingerprint density at radius 3 is 2.93 bits per heavy atom. The summed E-state index contributed by atoms with van der Waals surface area (Å²) < 4.78 is 1.82. The minimum absolute atomic E-state index is 0.287. The third-order valence-corrected chi connectivity index (χ3v) is 2.64. The second kappa shape index (κ2) is 4.33. The van der Waals surface area contributed by atoms with E-state index in [1.54, 1.807) is 6.20 Å². The first-order valence-corrected chi connectivity index (χ1v) is 5.31. The molecule has 2 heterocycles. The summed E-state index contributed by atoms with van der Waals surface area (Å²) in [4.78, 5) is 13.2. The normalized spacial score (nSPS) is 16.3. The van der Waals surface area contributed by atoms with Crippen molar-refractivity contribution in [3.63, 3.8) is 0 Å². The van der Waals surface area contributed by atoms with Gasteiger partial charge in [-0.3, -0.25) is 9.48 Å². The number of anilines is 1. The van der Waals surface area contributed by atoms with Crippen LogP contribution in [0.15, 0.2) is 12.4 Å². The molecular formula is C10H16N4O. The molecule has 5 nitrogen and oxygen atoms in total. The molecule has 0 aromatic carbocycles. The third-order valence-electron chi connectivity index (χ3n) is 2.64. The van der Waals surface area contributed by atoms with Crippen molar-refractivity contribution in [3.05, 3.63) is 12.4 Å². The molecule has 5 heteroatoms. The summed E-state index contributed by atoms with van der Waals surface area (Å²) in [6.45, 7) is 2.57. The van der Waals surface area contributed by atoms with Crippen LogP contribution in [-0.4, -0.2) is 33.7 Å². The van der Waals surface area contributed by atoms with Gasteiger partial charge in [-0.15, -0.1) is 0 Å². The predicted molar refractivity (Wildman–Crippen MR) is 57.1 cm³/mol. The number of aryl methyl sites for hydroxylation is 1. The maximum Gasteiger partial charge on any atom is 0.222 e. The SMILES string of the molecule is Nc1cnn(CCCN2CCCC2=O)c1. The molecule has 1 aromatic rings. The summed E-state index contributed by atoms with van der Waals surface area (Å²) in [7, 11) is 0. The van der Waals surface area contributed by atoms with Crippen LogP contribution in [0.3, 0.4) is 0 Å². The molecule has 0 saturated carbocycles. The largest absolute Gasteiger partial charge is 0.396 e. The maximum absolute atomic E-state index is 11.3. The summed E-state index contributed by atoms with van der Waals surface area (Å²) in [6.07, 6.45) is 6.11. The van der Waals surface area contributed by atoms with E-state index >= 15 is 0 Å². The zero-order valence-corrected chi connectivity index (χ0v) is 8.72. The van der Waals surface area contributed by atoms with Crippen LogP contribution >= 0.6 is 0 Å². The monoisotopic (exact) mass is 208 g/mol. The van der Waals surface area contributed by atoms with Gasteiger partial charge < -0.3 is 10.6 Å². The van der Waals surface area contributed by atoms with E-state index in [0.29, 0.717) is 12.1 Å². The number of carbonyl (C=O) groups is 1. The van der Waals surface area contributed by atoms with Crippen molar-refractivity contribution in [1.82, 2.24) is 14.7 Å². The first kappa shape index (κ1) is 10.0. The van der Waals surface area contributed by atoms with E-state index in [2.05, 4.69) is 5.10 Å². The minimum Gasteiger partial charge on any atom is -0.396 e. The highest BCUT2D eigenvalue weighted by molar-refractivity contribution is 5.77. The van der Waals surface area contributed by atoms with Crippen molar-refractivity contribution < 1.29 is 4.79 Å². The van der Waals surface area contributed by atoms with Crippen LogP contribution in [-0.2, 0) is 11.3 Å². The Bertz CT molecular complexity index is 347. The number of hydrogen-bond donors (Lipinski definition) is 1. The zero-order valence-electron chi connectivity index (χ0n) is 8.72. The molecule has 1 aliphatic heterocycles. The highest BCUT2D eigenvalue weighted by atomic mass is 16.2.